The van der Waals surface area contributed by atoms with E-state index in [1.165, 1.54) is 0 Å². The number of hydrogen-bond acceptors (Lipinski definition) is 4. The van der Waals surface area contributed by atoms with Crippen LogP contribution in [0.3, 0.4) is 0 Å². The van der Waals surface area contributed by atoms with Crippen LogP contribution < -0.4 is 0 Å². The molecule has 1 fully saturated rings. The van der Waals surface area contributed by atoms with Gasteiger partial charge in [-0.25, -0.2) is 4.98 Å². The summed E-state index contributed by atoms with van der Waals surface area (Å²) in [5, 5.41) is 0. The second kappa shape index (κ2) is 5.89. The first-order valence-corrected chi connectivity index (χ1v) is 7.86. The second-order valence-corrected chi connectivity index (χ2v) is 5.99. The minimum Gasteiger partial charge on any atom is -0.381 e. The van der Waals surface area contributed by atoms with Gasteiger partial charge in [0.2, 0.25) is 0 Å². The average Bonchev–Trinajstić information content (AvgIpc) is 3.14. The van der Waals surface area contributed by atoms with Gasteiger partial charge in [-0.05, 0) is 31.5 Å². The van der Waals surface area contributed by atoms with Gasteiger partial charge in [0.25, 0.3) is 5.91 Å². The fraction of sp³-hybridized carbons (Fsp3) is 0.467. The number of nitrogens with zero attached hydrogens (tertiary/aromatic N) is 2. The van der Waals surface area contributed by atoms with Crippen LogP contribution >= 0.6 is 11.3 Å². The predicted octanol–water partition coefficient (Wildman–Crippen LogP) is 2.79. The zero-order valence-corrected chi connectivity index (χ0v) is 12.4. The molecule has 2 aromatic rings. The molecule has 1 saturated heterocycles. The molecule has 1 aromatic heterocycles. The number of hydrogen-bond donors (Lipinski definition) is 0. The first kappa shape index (κ1) is 13.5. The first-order chi connectivity index (χ1) is 9.78. The molecule has 0 saturated carbocycles. The van der Waals surface area contributed by atoms with Crippen LogP contribution in [-0.4, -0.2) is 42.1 Å². The minimum atomic E-state index is 0.106. The molecule has 0 radical (unpaired) electrons. The highest BCUT2D eigenvalue weighted by Gasteiger charge is 2.22. The summed E-state index contributed by atoms with van der Waals surface area (Å²) in [7, 11) is 0. The van der Waals surface area contributed by atoms with Crippen molar-refractivity contribution in [1.29, 1.82) is 0 Å². The summed E-state index contributed by atoms with van der Waals surface area (Å²) >= 11 is 1.57. The number of carbonyl (C=O) groups excluding carboxylic acids is 1. The largest absolute Gasteiger partial charge is 0.381 e. The van der Waals surface area contributed by atoms with Gasteiger partial charge in [-0.1, -0.05) is 0 Å². The Bertz CT molecular complexity index is 605. The molecule has 0 aliphatic carbocycles. The van der Waals surface area contributed by atoms with Crippen molar-refractivity contribution in [3.8, 4) is 0 Å². The van der Waals surface area contributed by atoms with Gasteiger partial charge in [-0.15, -0.1) is 11.3 Å². The van der Waals surface area contributed by atoms with E-state index in [4.69, 9.17) is 4.74 Å². The number of rotatable bonds is 4. The highest BCUT2D eigenvalue weighted by molar-refractivity contribution is 7.16. The molecule has 3 rings (SSSR count). The Kier molecular flexibility index (Phi) is 3.98. The lowest BCUT2D eigenvalue weighted by atomic mass is 10.1. The number of aromatic nitrogens is 1. The van der Waals surface area contributed by atoms with E-state index in [9.17, 15) is 4.79 Å². The Labute approximate surface area is 122 Å². The number of ether oxygens (including phenoxy) is 1. The summed E-state index contributed by atoms with van der Waals surface area (Å²) in [6, 6.07) is 5.74. The van der Waals surface area contributed by atoms with Gasteiger partial charge in [0.05, 0.1) is 22.3 Å². The second-order valence-electron chi connectivity index (χ2n) is 5.11. The zero-order chi connectivity index (χ0) is 13.9. The molecule has 106 valence electrons. The van der Waals surface area contributed by atoms with Crippen molar-refractivity contribution in [2.45, 2.75) is 13.3 Å². The van der Waals surface area contributed by atoms with Gasteiger partial charge in [-0.3, -0.25) is 4.79 Å². The average molecular weight is 290 g/mol. The number of carbonyl (C=O) groups is 1. The van der Waals surface area contributed by atoms with Crippen molar-refractivity contribution in [2.75, 3.05) is 26.3 Å². The molecule has 0 N–H and O–H groups in total. The third-order valence-corrected chi connectivity index (χ3v) is 4.54. The topological polar surface area (TPSA) is 42.4 Å². The summed E-state index contributed by atoms with van der Waals surface area (Å²) in [5.74, 6) is 0.584. The van der Waals surface area contributed by atoms with E-state index < -0.39 is 0 Å². The normalized spacial score (nSPS) is 18.6. The number of benzene rings is 1. The Balaban J connectivity index is 1.77. The van der Waals surface area contributed by atoms with Crippen molar-refractivity contribution in [2.24, 2.45) is 5.92 Å². The van der Waals surface area contributed by atoms with Crippen LogP contribution in [0.1, 0.15) is 23.7 Å². The Hall–Kier alpha value is -1.46. The molecular weight excluding hydrogens is 272 g/mol. The Morgan fingerprint density at radius 3 is 3.20 bits per heavy atom. The molecule has 20 heavy (non-hydrogen) atoms. The van der Waals surface area contributed by atoms with E-state index in [-0.39, 0.29) is 5.91 Å². The van der Waals surface area contributed by atoms with E-state index in [1.54, 1.807) is 11.3 Å². The fourth-order valence-electron chi connectivity index (χ4n) is 2.57. The van der Waals surface area contributed by atoms with Gasteiger partial charge in [0.1, 0.15) is 0 Å². The van der Waals surface area contributed by atoms with Crippen molar-refractivity contribution in [1.82, 2.24) is 9.88 Å². The van der Waals surface area contributed by atoms with Crippen LogP contribution in [0.2, 0.25) is 0 Å². The molecule has 0 bridgehead atoms. The van der Waals surface area contributed by atoms with Crippen molar-refractivity contribution in [3.05, 3.63) is 29.3 Å². The van der Waals surface area contributed by atoms with E-state index >= 15 is 0 Å². The summed E-state index contributed by atoms with van der Waals surface area (Å²) in [4.78, 5) is 18.8. The van der Waals surface area contributed by atoms with Crippen LogP contribution in [0.4, 0.5) is 0 Å². The molecule has 1 amide bonds. The molecular formula is C15H18N2O2S. The third kappa shape index (κ3) is 2.69. The molecule has 0 spiro atoms. The van der Waals surface area contributed by atoms with Crippen molar-refractivity contribution < 1.29 is 9.53 Å². The standard InChI is InChI=1S/C15H18N2O2S/c1-2-17(8-11-5-6-19-9-11)15(18)12-3-4-13-14(7-12)20-10-16-13/h3-4,7,10-11H,2,5-6,8-9H2,1H3/t11-/m0/s1. The predicted molar refractivity (Wildman–Crippen MR) is 80.1 cm³/mol. The van der Waals surface area contributed by atoms with Crippen LogP contribution in [0.15, 0.2) is 23.7 Å². The quantitative estimate of drug-likeness (QED) is 0.869. The lowest BCUT2D eigenvalue weighted by Gasteiger charge is -2.23. The van der Waals surface area contributed by atoms with Crippen molar-refractivity contribution in [3.63, 3.8) is 0 Å². The van der Waals surface area contributed by atoms with Gasteiger partial charge in [0.15, 0.2) is 0 Å². The zero-order valence-electron chi connectivity index (χ0n) is 11.5. The third-order valence-electron chi connectivity index (χ3n) is 3.75. The molecule has 1 atom stereocenters. The maximum Gasteiger partial charge on any atom is 0.253 e. The van der Waals surface area contributed by atoms with Crippen LogP contribution in [0, 0.1) is 5.92 Å². The number of fused-ring (bicyclic) bond motifs is 1. The molecule has 1 aromatic carbocycles. The van der Waals surface area contributed by atoms with E-state index in [0.717, 1.165) is 48.5 Å². The van der Waals surface area contributed by atoms with Gasteiger partial charge in [-0.2, -0.15) is 0 Å². The molecule has 1 aliphatic rings. The van der Waals surface area contributed by atoms with E-state index in [0.29, 0.717) is 5.92 Å². The van der Waals surface area contributed by atoms with Gasteiger partial charge < -0.3 is 9.64 Å². The Morgan fingerprint density at radius 1 is 1.55 bits per heavy atom. The van der Waals surface area contributed by atoms with Crippen LogP contribution in [0.25, 0.3) is 10.2 Å². The number of amides is 1. The molecule has 5 heteroatoms. The SMILES string of the molecule is CCN(C[C@@H]1CCOC1)C(=O)c1ccc2ncsc2c1. The smallest absolute Gasteiger partial charge is 0.253 e. The fourth-order valence-corrected chi connectivity index (χ4v) is 3.28. The summed E-state index contributed by atoms with van der Waals surface area (Å²) in [6.45, 7) is 5.14. The highest BCUT2D eigenvalue weighted by Crippen LogP contribution is 2.21. The molecule has 0 unspecified atom stereocenters. The van der Waals surface area contributed by atoms with Gasteiger partial charge in [0, 0.05) is 31.2 Å². The number of thiazole rings is 1. The highest BCUT2D eigenvalue weighted by atomic mass is 32.1. The minimum absolute atomic E-state index is 0.106. The Morgan fingerprint density at radius 2 is 2.45 bits per heavy atom. The summed E-state index contributed by atoms with van der Waals surface area (Å²) in [6.07, 6.45) is 1.05. The monoisotopic (exact) mass is 290 g/mol. The lowest BCUT2D eigenvalue weighted by Crippen LogP contribution is -2.35. The summed E-state index contributed by atoms with van der Waals surface area (Å²) < 4.78 is 6.46. The molecule has 4 nitrogen and oxygen atoms in total. The van der Waals surface area contributed by atoms with Crippen LogP contribution in [0.5, 0.6) is 0 Å². The summed E-state index contributed by atoms with van der Waals surface area (Å²) in [5.41, 5.74) is 3.52. The van der Waals surface area contributed by atoms with E-state index in [1.807, 2.05) is 35.5 Å². The molecule has 2 heterocycles. The van der Waals surface area contributed by atoms with Crippen LogP contribution in [-0.2, 0) is 4.74 Å². The van der Waals surface area contributed by atoms with Crippen molar-refractivity contribution >= 4 is 27.5 Å². The first-order valence-electron chi connectivity index (χ1n) is 6.98. The molecule has 1 aliphatic heterocycles. The maximum absolute atomic E-state index is 12.6. The maximum atomic E-state index is 12.6. The van der Waals surface area contributed by atoms with E-state index in [2.05, 4.69) is 4.98 Å². The van der Waals surface area contributed by atoms with Gasteiger partial charge >= 0.3 is 0 Å². The lowest BCUT2D eigenvalue weighted by molar-refractivity contribution is 0.0731.